The smallest absolute Gasteiger partial charge is 0.303 e. The molecule has 1 amide bonds. The van der Waals surface area contributed by atoms with Crippen LogP contribution in [0.2, 0.25) is 0 Å². The van der Waals surface area contributed by atoms with Gasteiger partial charge in [0, 0.05) is 17.4 Å². The van der Waals surface area contributed by atoms with Crippen molar-refractivity contribution in [2.24, 2.45) is 0 Å². The second kappa shape index (κ2) is 9.57. The van der Waals surface area contributed by atoms with Crippen LogP contribution in [-0.2, 0) is 28.0 Å². The Balaban J connectivity index is 1.43. The van der Waals surface area contributed by atoms with Crippen molar-refractivity contribution in [3.8, 4) is 11.5 Å². The fourth-order valence-electron chi connectivity index (χ4n) is 5.28. The molecule has 200 valence electrons. The number of carboxylic acids is 1. The van der Waals surface area contributed by atoms with Gasteiger partial charge in [-0.1, -0.05) is 60.7 Å². The molecule has 3 heterocycles. The predicted molar refractivity (Wildman–Crippen MR) is 148 cm³/mol. The summed E-state index contributed by atoms with van der Waals surface area (Å²) in [6, 6.07) is 21.3. The van der Waals surface area contributed by atoms with Gasteiger partial charge in [0.1, 0.15) is 28.6 Å². The normalized spacial score (nSPS) is 16.2. The van der Waals surface area contributed by atoms with Gasteiger partial charge in [0.2, 0.25) is 5.91 Å². The van der Waals surface area contributed by atoms with Crippen LogP contribution in [0.1, 0.15) is 35.6 Å². The summed E-state index contributed by atoms with van der Waals surface area (Å²) < 4.78 is 16.1. The number of nitrogens with one attached hydrogen (secondary N) is 1. The third-order valence-corrected chi connectivity index (χ3v) is 7.40. The van der Waals surface area contributed by atoms with Crippen molar-refractivity contribution >= 4 is 34.4 Å². The maximum absolute atomic E-state index is 14.4. The summed E-state index contributed by atoms with van der Waals surface area (Å²) >= 11 is 0. The van der Waals surface area contributed by atoms with Crippen molar-refractivity contribution in [1.29, 1.82) is 0 Å². The molecule has 9 nitrogen and oxygen atoms in total. The van der Waals surface area contributed by atoms with Gasteiger partial charge in [0.25, 0.3) is 0 Å². The summed E-state index contributed by atoms with van der Waals surface area (Å²) in [4.78, 5) is 33.7. The molecule has 0 bridgehead atoms. The number of carboxylic acid groups (broad SMARTS) is 1. The largest absolute Gasteiger partial charge is 0.481 e. The van der Waals surface area contributed by atoms with E-state index in [1.54, 1.807) is 35.9 Å². The number of anilines is 2. The Morgan fingerprint density at radius 3 is 2.65 bits per heavy atom. The van der Waals surface area contributed by atoms with Crippen LogP contribution in [0.15, 0.2) is 72.8 Å². The molecule has 2 aromatic heterocycles. The van der Waals surface area contributed by atoms with Gasteiger partial charge in [-0.05, 0) is 36.6 Å². The number of benzene rings is 3. The number of nitrogens with two attached hydrogens (primary N) is 1. The van der Waals surface area contributed by atoms with E-state index in [0.717, 1.165) is 16.5 Å². The van der Waals surface area contributed by atoms with Crippen molar-refractivity contribution in [2.45, 2.75) is 31.7 Å². The number of fused-ring (bicyclic) bond motifs is 2. The highest BCUT2D eigenvalue weighted by Gasteiger charge is 2.47. The fraction of sp³-hybridized carbons (Fsp3) is 0.167. The van der Waals surface area contributed by atoms with Gasteiger partial charge in [-0.2, -0.15) is 5.10 Å². The molecule has 6 rings (SSSR count). The maximum atomic E-state index is 14.4. The quantitative estimate of drug-likeness (QED) is 0.278. The van der Waals surface area contributed by atoms with Gasteiger partial charge in [0.05, 0.1) is 17.6 Å². The van der Waals surface area contributed by atoms with E-state index in [1.807, 2.05) is 42.5 Å². The number of para-hydroxylation sites is 1. The number of carbonyl (C=O) groups is 2. The molecule has 0 unspecified atom stereocenters. The Hall–Kier alpha value is -5.12. The van der Waals surface area contributed by atoms with Crippen molar-refractivity contribution in [1.82, 2.24) is 19.7 Å². The van der Waals surface area contributed by atoms with E-state index in [0.29, 0.717) is 34.6 Å². The molecule has 3 aromatic carbocycles. The molecule has 0 spiro atoms. The molecule has 40 heavy (non-hydrogen) atoms. The highest BCUT2D eigenvalue weighted by atomic mass is 19.1. The van der Waals surface area contributed by atoms with E-state index in [-0.39, 0.29) is 36.3 Å². The third kappa shape index (κ3) is 4.14. The minimum absolute atomic E-state index is 0.0188. The lowest BCUT2D eigenvalue weighted by Gasteiger charge is -2.24. The number of aromatic nitrogens is 4. The number of nitrogens with zero attached hydrogens (tertiary/aromatic N) is 4. The van der Waals surface area contributed by atoms with Crippen LogP contribution in [0.4, 0.5) is 16.0 Å². The van der Waals surface area contributed by atoms with Gasteiger partial charge < -0.3 is 16.2 Å². The number of carbonyl (C=O) groups excluding carboxylic acids is 1. The number of rotatable bonds is 7. The number of aryl methyl sites for hydroxylation is 1. The van der Waals surface area contributed by atoms with Crippen molar-refractivity contribution < 1.29 is 19.1 Å². The van der Waals surface area contributed by atoms with Gasteiger partial charge in [-0.25, -0.2) is 14.4 Å². The predicted octanol–water partition coefficient (Wildman–Crippen LogP) is 4.54. The van der Waals surface area contributed by atoms with Crippen LogP contribution in [-0.4, -0.2) is 36.7 Å². The zero-order chi connectivity index (χ0) is 28.0. The van der Waals surface area contributed by atoms with Crippen LogP contribution < -0.4 is 11.1 Å². The lowest BCUT2D eigenvalue weighted by molar-refractivity contribution is -0.137. The summed E-state index contributed by atoms with van der Waals surface area (Å²) in [6.07, 6.45) is 0.316. The van der Waals surface area contributed by atoms with Crippen LogP contribution in [0.5, 0.6) is 0 Å². The van der Waals surface area contributed by atoms with Crippen molar-refractivity contribution in [3.05, 3.63) is 101 Å². The van der Waals surface area contributed by atoms with Gasteiger partial charge >= 0.3 is 5.97 Å². The first-order valence-corrected chi connectivity index (χ1v) is 12.8. The molecule has 5 aromatic rings. The van der Waals surface area contributed by atoms with Crippen LogP contribution >= 0.6 is 0 Å². The first kappa shape index (κ1) is 25.2. The monoisotopic (exact) mass is 536 g/mol. The second-order valence-electron chi connectivity index (χ2n) is 9.94. The first-order valence-electron chi connectivity index (χ1n) is 12.8. The molecular weight excluding hydrogens is 511 g/mol. The summed E-state index contributed by atoms with van der Waals surface area (Å²) in [5, 5.41) is 17.4. The Morgan fingerprint density at radius 1 is 1.07 bits per heavy atom. The molecule has 4 N–H and O–H groups in total. The van der Waals surface area contributed by atoms with E-state index in [2.05, 4.69) is 15.3 Å². The Kier molecular flexibility index (Phi) is 6.02. The van der Waals surface area contributed by atoms with E-state index in [9.17, 15) is 14.0 Å². The minimum Gasteiger partial charge on any atom is -0.481 e. The number of aliphatic carboxylic acids is 1. The fourth-order valence-corrected chi connectivity index (χ4v) is 5.28. The lowest BCUT2D eigenvalue weighted by atomic mass is 9.77. The average Bonchev–Trinajstić information content (AvgIpc) is 3.44. The molecule has 0 saturated carbocycles. The molecule has 0 saturated heterocycles. The summed E-state index contributed by atoms with van der Waals surface area (Å²) in [5.74, 6) is -0.876. The average molecular weight is 537 g/mol. The number of hydrogen-bond acceptors (Lipinski definition) is 6. The van der Waals surface area contributed by atoms with E-state index < -0.39 is 11.4 Å². The SMILES string of the molecule is C[C@@]1(c2cccc(CCC(=O)O)c2)C(=O)Nc2nc(-c3nn(Cc4ccccc4F)c4ccccc34)nc(N)c21. The summed E-state index contributed by atoms with van der Waals surface area (Å²) in [5.41, 5.74) is 8.97. The van der Waals surface area contributed by atoms with Crippen molar-refractivity contribution in [3.63, 3.8) is 0 Å². The lowest BCUT2D eigenvalue weighted by Crippen LogP contribution is -2.33. The van der Waals surface area contributed by atoms with Crippen LogP contribution in [0.25, 0.3) is 22.4 Å². The minimum atomic E-state index is -1.18. The number of halogens is 1. The zero-order valence-corrected chi connectivity index (χ0v) is 21.6. The van der Waals surface area contributed by atoms with E-state index >= 15 is 0 Å². The molecule has 0 radical (unpaired) electrons. The number of amides is 1. The first-order chi connectivity index (χ1) is 19.3. The summed E-state index contributed by atoms with van der Waals surface area (Å²) in [7, 11) is 0. The third-order valence-electron chi connectivity index (χ3n) is 7.40. The Morgan fingerprint density at radius 2 is 1.85 bits per heavy atom. The van der Waals surface area contributed by atoms with Crippen LogP contribution in [0.3, 0.4) is 0 Å². The van der Waals surface area contributed by atoms with Crippen LogP contribution in [0, 0.1) is 5.82 Å². The molecule has 1 atom stereocenters. The topological polar surface area (TPSA) is 136 Å². The highest BCUT2D eigenvalue weighted by molar-refractivity contribution is 6.09. The highest BCUT2D eigenvalue weighted by Crippen LogP contribution is 2.45. The molecule has 0 aliphatic carbocycles. The molecule has 1 aliphatic heterocycles. The Bertz CT molecular complexity index is 1820. The van der Waals surface area contributed by atoms with Gasteiger partial charge in [-0.3, -0.25) is 14.3 Å². The summed E-state index contributed by atoms with van der Waals surface area (Å²) in [6.45, 7) is 1.96. The Labute approximate surface area is 228 Å². The molecular formula is C30H25FN6O3. The van der Waals surface area contributed by atoms with Crippen molar-refractivity contribution in [2.75, 3.05) is 11.1 Å². The zero-order valence-electron chi connectivity index (χ0n) is 21.6. The van der Waals surface area contributed by atoms with Gasteiger partial charge in [0.15, 0.2) is 5.82 Å². The molecule has 1 aliphatic rings. The standard InChI is InChI=1S/C30H25FN6O3/c1-30(19-9-6-7-17(15-19)13-14-23(38)39)24-26(32)33-28(34-27(24)35-29(30)40)25-20-10-3-5-12-22(20)37(36-25)16-18-8-2-4-11-21(18)31/h2-12,15H,13-14,16H2,1H3,(H,38,39)(H3,32,33,34,35,40)/t30-/m0/s1. The second-order valence-corrected chi connectivity index (χ2v) is 9.94. The number of nitrogen functional groups attached to an aromatic ring is 1. The number of hydrogen-bond donors (Lipinski definition) is 3. The van der Waals surface area contributed by atoms with Gasteiger partial charge in [-0.15, -0.1) is 0 Å². The van der Waals surface area contributed by atoms with E-state index in [4.69, 9.17) is 15.9 Å². The molecule has 10 heteroatoms. The maximum Gasteiger partial charge on any atom is 0.303 e. The molecule has 0 fully saturated rings. The van der Waals surface area contributed by atoms with E-state index in [1.165, 1.54) is 6.07 Å².